The molecule has 0 aliphatic heterocycles. The summed E-state index contributed by atoms with van der Waals surface area (Å²) in [5, 5.41) is 1.45. The van der Waals surface area contributed by atoms with Gasteiger partial charge in [-0.25, -0.2) is 21.6 Å². The Kier molecular flexibility index (Phi) is 7.86. The van der Waals surface area contributed by atoms with Crippen LogP contribution in [0.4, 0.5) is 5.69 Å². The zero-order valence-electron chi connectivity index (χ0n) is 17.0. The lowest BCUT2D eigenvalue weighted by Crippen LogP contribution is -2.31. The summed E-state index contributed by atoms with van der Waals surface area (Å²) in [6, 6.07) is 5.28. The molecule has 1 aromatic heterocycles. The minimum atomic E-state index is -4.16. The van der Waals surface area contributed by atoms with Crippen molar-refractivity contribution in [3.05, 3.63) is 34.5 Å². The summed E-state index contributed by atoms with van der Waals surface area (Å²) >= 11 is 0.930. The number of carbonyl (C=O) groups excluding carboxylic acids is 1. The van der Waals surface area contributed by atoms with Crippen molar-refractivity contribution >= 4 is 43.0 Å². The van der Waals surface area contributed by atoms with Crippen LogP contribution in [0.3, 0.4) is 0 Å². The SMILES string of the molecule is CCOc1ccc(NS(=O)(=O)c2ccsc2C(=O)OC)cc1S(=O)(=O)N(CC)CC. The summed E-state index contributed by atoms with van der Waals surface area (Å²) in [5.41, 5.74) is 0.0196. The van der Waals surface area contributed by atoms with Gasteiger partial charge in [0.2, 0.25) is 10.0 Å². The van der Waals surface area contributed by atoms with E-state index in [2.05, 4.69) is 9.46 Å². The lowest BCUT2D eigenvalue weighted by atomic mass is 10.3. The highest BCUT2D eigenvalue weighted by atomic mass is 32.2. The summed E-state index contributed by atoms with van der Waals surface area (Å²) in [6.07, 6.45) is 0. The summed E-state index contributed by atoms with van der Waals surface area (Å²) < 4.78 is 65.3. The normalized spacial score (nSPS) is 12.0. The summed E-state index contributed by atoms with van der Waals surface area (Å²) in [4.78, 5) is 11.4. The minimum absolute atomic E-state index is 0.0196. The number of esters is 1. The van der Waals surface area contributed by atoms with Crippen molar-refractivity contribution in [3.63, 3.8) is 0 Å². The molecule has 0 fully saturated rings. The number of hydrogen-bond donors (Lipinski definition) is 1. The number of carbonyl (C=O) groups is 1. The van der Waals surface area contributed by atoms with Crippen molar-refractivity contribution in [1.29, 1.82) is 0 Å². The number of anilines is 1. The second kappa shape index (κ2) is 9.77. The highest BCUT2D eigenvalue weighted by Gasteiger charge is 2.28. The molecule has 12 heteroatoms. The zero-order valence-corrected chi connectivity index (χ0v) is 19.5. The zero-order chi connectivity index (χ0) is 22.5. The second-order valence-corrected chi connectivity index (χ2v) is 10.4. The van der Waals surface area contributed by atoms with Crippen molar-refractivity contribution in [2.75, 3.05) is 31.5 Å². The number of thiophene rings is 1. The first-order valence-electron chi connectivity index (χ1n) is 9.07. The van der Waals surface area contributed by atoms with Gasteiger partial charge in [0.1, 0.15) is 20.4 Å². The molecule has 30 heavy (non-hydrogen) atoms. The van der Waals surface area contributed by atoms with Crippen LogP contribution in [-0.2, 0) is 24.8 Å². The van der Waals surface area contributed by atoms with E-state index in [0.29, 0.717) is 0 Å². The van der Waals surface area contributed by atoms with E-state index < -0.39 is 26.0 Å². The van der Waals surface area contributed by atoms with E-state index >= 15 is 0 Å². The van der Waals surface area contributed by atoms with Crippen LogP contribution in [0.25, 0.3) is 0 Å². The van der Waals surface area contributed by atoms with Gasteiger partial charge in [0.25, 0.3) is 10.0 Å². The van der Waals surface area contributed by atoms with Crippen molar-refractivity contribution in [2.45, 2.75) is 30.6 Å². The molecular weight excluding hydrogens is 452 g/mol. The number of nitrogens with zero attached hydrogens (tertiary/aromatic N) is 1. The van der Waals surface area contributed by atoms with Gasteiger partial charge in [0.15, 0.2) is 0 Å². The number of methoxy groups -OCH3 is 1. The van der Waals surface area contributed by atoms with Crippen LogP contribution in [0.1, 0.15) is 30.4 Å². The quantitative estimate of drug-likeness (QED) is 0.524. The topological polar surface area (TPSA) is 119 Å². The van der Waals surface area contributed by atoms with E-state index in [1.54, 1.807) is 20.8 Å². The average molecular weight is 477 g/mol. The maximum atomic E-state index is 13.0. The number of benzene rings is 1. The first-order chi connectivity index (χ1) is 14.1. The van der Waals surface area contributed by atoms with Crippen LogP contribution in [0.5, 0.6) is 5.75 Å². The Balaban J connectivity index is 2.52. The molecule has 0 bridgehead atoms. The number of nitrogens with one attached hydrogen (secondary N) is 1. The highest BCUT2D eigenvalue weighted by molar-refractivity contribution is 7.93. The molecule has 1 heterocycles. The Morgan fingerprint density at radius 3 is 2.30 bits per heavy atom. The number of rotatable bonds is 10. The van der Waals surface area contributed by atoms with Crippen molar-refractivity contribution in [2.24, 2.45) is 0 Å². The van der Waals surface area contributed by atoms with E-state index in [9.17, 15) is 21.6 Å². The van der Waals surface area contributed by atoms with Crippen molar-refractivity contribution in [1.82, 2.24) is 4.31 Å². The Labute approximate surface area is 180 Å². The third-order valence-electron chi connectivity index (χ3n) is 4.11. The minimum Gasteiger partial charge on any atom is -0.492 e. The number of ether oxygens (including phenoxy) is 2. The van der Waals surface area contributed by atoms with Crippen molar-refractivity contribution < 1.29 is 31.1 Å². The predicted molar refractivity (Wildman–Crippen MR) is 114 cm³/mol. The fourth-order valence-electron chi connectivity index (χ4n) is 2.71. The lowest BCUT2D eigenvalue weighted by Gasteiger charge is -2.21. The van der Waals surface area contributed by atoms with Gasteiger partial charge in [-0.05, 0) is 36.6 Å². The molecule has 2 aromatic rings. The Morgan fingerprint density at radius 1 is 1.07 bits per heavy atom. The molecule has 1 aromatic carbocycles. The summed E-state index contributed by atoms with van der Waals surface area (Å²) in [5.74, 6) is -0.653. The van der Waals surface area contributed by atoms with Crippen LogP contribution in [0.2, 0.25) is 0 Å². The van der Waals surface area contributed by atoms with Gasteiger partial charge in [-0.15, -0.1) is 11.3 Å². The van der Waals surface area contributed by atoms with Crippen LogP contribution >= 0.6 is 11.3 Å². The van der Waals surface area contributed by atoms with Crippen LogP contribution in [0.15, 0.2) is 39.4 Å². The van der Waals surface area contributed by atoms with E-state index in [1.165, 1.54) is 34.0 Å². The molecule has 0 radical (unpaired) electrons. The van der Waals surface area contributed by atoms with Crippen LogP contribution < -0.4 is 9.46 Å². The van der Waals surface area contributed by atoms with Gasteiger partial charge in [0, 0.05) is 13.1 Å². The molecule has 0 saturated heterocycles. The van der Waals surface area contributed by atoms with Gasteiger partial charge in [0.05, 0.1) is 19.4 Å². The maximum Gasteiger partial charge on any atom is 0.349 e. The highest BCUT2D eigenvalue weighted by Crippen LogP contribution is 2.32. The van der Waals surface area contributed by atoms with Gasteiger partial charge in [-0.3, -0.25) is 4.72 Å². The Hall–Kier alpha value is -2.15. The third kappa shape index (κ3) is 4.94. The van der Waals surface area contributed by atoms with E-state index in [0.717, 1.165) is 18.4 Å². The molecule has 1 N–H and O–H groups in total. The molecule has 0 saturated carbocycles. The fraction of sp³-hybridized carbons (Fsp3) is 0.389. The molecule has 0 aliphatic carbocycles. The van der Waals surface area contributed by atoms with E-state index in [-0.39, 0.29) is 45.8 Å². The van der Waals surface area contributed by atoms with Crippen LogP contribution in [-0.4, -0.2) is 53.9 Å². The molecule has 0 atom stereocenters. The molecular formula is C18H24N2O7S3. The third-order valence-corrected chi connectivity index (χ3v) is 8.63. The molecule has 0 spiro atoms. The smallest absolute Gasteiger partial charge is 0.349 e. The first kappa shape index (κ1) is 24.1. The molecule has 2 rings (SSSR count). The molecule has 9 nitrogen and oxygen atoms in total. The van der Waals surface area contributed by atoms with Gasteiger partial charge in [-0.1, -0.05) is 13.8 Å². The van der Waals surface area contributed by atoms with Gasteiger partial charge >= 0.3 is 5.97 Å². The summed E-state index contributed by atoms with van der Waals surface area (Å²) in [7, 11) is -6.92. The molecule has 0 aliphatic rings. The lowest BCUT2D eigenvalue weighted by molar-refractivity contribution is 0.0602. The fourth-order valence-corrected chi connectivity index (χ4v) is 6.71. The largest absolute Gasteiger partial charge is 0.492 e. The molecule has 166 valence electrons. The number of hydrogen-bond acceptors (Lipinski definition) is 8. The first-order valence-corrected chi connectivity index (χ1v) is 12.9. The van der Waals surface area contributed by atoms with E-state index in [1.807, 2.05) is 0 Å². The Morgan fingerprint density at radius 2 is 1.73 bits per heavy atom. The average Bonchev–Trinajstić information content (AvgIpc) is 3.20. The van der Waals surface area contributed by atoms with Crippen LogP contribution in [0, 0.1) is 0 Å². The van der Waals surface area contributed by atoms with Gasteiger partial charge in [-0.2, -0.15) is 4.31 Å². The van der Waals surface area contributed by atoms with E-state index in [4.69, 9.17) is 4.74 Å². The standard InChI is InChI=1S/C18H24N2O7S3/c1-5-20(6-2)30(24,25)16-12-13(8-9-14(16)27-7-3)19-29(22,23)15-10-11-28-17(15)18(21)26-4/h8-12,19H,5-7H2,1-4H3. The number of sulfonamides is 2. The van der Waals surface area contributed by atoms with Gasteiger partial charge < -0.3 is 9.47 Å². The van der Waals surface area contributed by atoms with Crippen molar-refractivity contribution in [3.8, 4) is 5.75 Å². The molecule has 0 amide bonds. The molecule has 0 unspecified atom stereocenters. The monoisotopic (exact) mass is 476 g/mol. The predicted octanol–water partition coefficient (Wildman–Crippen LogP) is 2.76. The second-order valence-electron chi connectivity index (χ2n) is 5.89. The maximum absolute atomic E-state index is 13.0. The Bertz CT molecular complexity index is 1100. The summed E-state index contributed by atoms with van der Waals surface area (Å²) in [6.45, 7) is 5.87.